The minimum absolute atomic E-state index is 0.0502. The number of carbonyl (C=O) groups is 1. The highest BCUT2D eigenvalue weighted by atomic mass is 35.5. The summed E-state index contributed by atoms with van der Waals surface area (Å²) in [6.45, 7) is 1.69. The van der Waals surface area contributed by atoms with Crippen molar-refractivity contribution in [1.29, 1.82) is 0 Å². The molecule has 0 atom stereocenters. The molecule has 0 spiro atoms. The van der Waals surface area contributed by atoms with Crippen molar-refractivity contribution >= 4 is 52.2 Å². The van der Waals surface area contributed by atoms with Crippen molar-refractivity contribution in [2.75, 3.05) is 37.3 Å². The van der Waals surface area contributed by atoms with Gasteiger partial charge in [0.2, 0.25) is 0 Å². The fraction of sp³-hybridized carbons (Fsp3) is 0.312. The number of amides is 1. The van der Waals surface area contributed by atoms with Crippen LogP contribution in [-0.4, -0.2) is 58.1 Å². The summed E-state index contributed by atoms with van der Waals surface area (Å²) >= 11 is 13.3. The first-order valence-electron chi connectivity index (χ1n) is 7.95. The second-order valence-corrected chi connectivity index (χ2v) is 7.34. The first kappa shape index (κ1) is 19.7. The summed E-state index contributed by atoms with van der Waals surface area (Å²) in [5.74, 6) is -0.275. The largest absolute Gasteiger partial charge is 0.362 e. The van der Waals surface area contributed by atoms with Crippen LogP contribution in [0.25, 0.3) is 0 Å². The first-order valence-corrected chi connectivity index (χ1v) is 9.93. The molecule has 0 aliphatic carbocycles. The minimum Gasteiger partial charge on any atom is -0.362 e. The Kier molecular flexibility index (Phi) is 6.03. The average Bonchev–Trinajstić information content (AvgIpc) is 2.68. The van der Waals surface area contributed by atoms with Crippen molar-refractivity contribution in [2.24, 2.45) is 0 Å². The Hall–Kier alpha value is -2.10. The molecule has 1 amide bonds. The Bertz CT molecular complexity index is 890. The number of hydrogen-bond acceptors (Lipinski definition) is 7. The van der Waals surface area contributed by atoms with Crippen molar-refractivity contribution in [3.8, 4) is 0 Å². The second kappa shape index (κ2) is 8.28. The highest BCUT2D eigenvalue weighted by Gasteiger charge is 2.28. The predicted molar refractivity (Wildman–Crippen MR) is 105 cm³/mol. The van der Waals surface area contributed by atoms with Gasteiger partial charge in [-0.2, -0.15) is 0 Å². The summed E-state index contributed by atoms with van der Waals surface area (Å²) in [4.78, 5) is 35.3. The summed E-state index contributed by atoms with van der Waals surface area (Å²) in [7, 11) is 0. The van der Waals surface area contributed by atoms with E-state index in [2.05, 4.69) is 9.97 Å². The highest BCUT2D eigenvalue weighted by Crippen LogP contribution is 2.32. The zero-order chi connectivity index (χ0) is 19.6. The van der Waals surface area contributed by atoms with Crippen molar-refractivity contribution < 1.29 is 9.72 Å². The average molecular weight is 428 g/mol. The van der Waals surface area contributed by atoms with Crippen LogP contribution in [0.4, 0.5) is 11.4 Å². The van der Waals surface area contributed by atoms with Crippen LogP contribution in [0, 0.1) is 10.1 Å². The lowest BCUT2D eigenvalue weighted by atomic mass is 10.2. The summed E-state index contributed by atoms with van der Waals surface area (Å²) in [5, 5.41) is 12.3. The van der Waals surface area contributed by atoms with Crippen molar-refractivity contribution in [1.82, 2.24) is 14.9 Å². The molecule has 1 aromatic carbocycles. The molecule has 142 valence electrons. The van der Waals surface area contributed by atoms with Gasteiger partial charge in [-0.3, -0.25) is 14.9 Å². The molecule has 1 aliphatic rings. The van der Waals surface area contributed by atoms with Crippen LogP contribution in [0.5, 0.6) is 0 Å². The number of anilines is 1. The standard InChI is InChI=1S/C16H15Cl2N5O3S/c1-27-16-19-9-11(18)14(20-16)15(24)22-6-4-21(5-7-22)12-3-2-10(17)8-13(12)23(25)26/h2-3,8-9H,4-7H2,1H3. The monoisotopic (exact) mass is 427 g/mol. The summed E-state index contributed by atoms with van der Waals surface area (Å²) in [5.41, 5.74) is 0.605. The van der Waals surface area contributed by atoms with E-state index in [4.69, 9.17) is 23.2 Å². The van der Waals surface area contributed by atoms with E-state index in [9.17, 15) is 14.9 Å². The van der Waals surface area contributed by atoms with Crippen molar-refractivity contribution in [3.63, 3.8) is 0 Å². The lowest BCUT2D eigenvalue weighted by Gasteiger charge is -2.35. The summed E-state index contributed by atoms with van der Waals surface area (Å²) in [6.07, 6.45) is 3.23. The molecule has 2 heterocycles. The molecule has 1 aromatic heterocycles. The molecule has 0 N–H and O–H groups in total. The molecular formula is C16H15Cl2N5O3S. The lowest BCUT2D eigenvalue weighted by Crippen LogP contribution is -2.49. The molecule has 27 heavy (non-hydrogen) atoms. The Labute approximate surface area is 169 Å². The number of hydrogen-bond donors (Lipinski definition) is 0. The number of nitro groups is 1. The van der Waals surface area contributed by atoms with E-state index in [1.807, 2.05) is 11.2 Å². The van der Waals surface area contributed by atoms with Gasteiger partial charge in [-0.25, -0.2) is 9.97 Å². The van der Waals surface area contributed by atoms with Gasteiger partial charge in [-0.05, 0) is 18.4 Å². The summed E-state index contributed by atoms with van der Waals surface area (Å²) < 4.78 is 0. The van der Waals surface area contributed by atoms with Gasteiger partial charge >= 0.3 is 0 Å². The highest BCUT2D eigenvalue weighted by molar-refractivity contribution is 7.98. The fourth-order valence-corrected chi connectivity index (χ4v) is 3.49. The lowest BCUT2D eigenvalue weighted by molar-refractivity contribution is -0.384. The van der Waals surface area contributed by atoms with E-state index in [1.54, 1.807) is 17.0 Å². The number of thioether (sulfide) groups is 1. The number of rotatable bonds is 4. The molecule has 0 bridgehead atoms. The number of halogens is 2. The minimum atomic E-state index is -0.455. The third kappa shape index (κ3) is 4.26. The molecule has 0 radical (unpaired) electrons. The quantitative estimate of drug-likeness (QED) is 0.319. The SMILES string of the molecule is CSc1ncc(Cl)c(C(=O)N2CCN(c3ccc(Cl)cc3[N+](=O)[O-])CC2)n1. The van der Waals surface area contributed by atoms with Crippen molar-refractivity contribution in [2.45, 2.75) is 5.16 Å². The zero-order valence-electron chi connectivity index (χ0n) is 14.3. The number of nitrogens with zero attached hydrogens (tertiary/aromatic N) is 5. The van der Waals surface area contributed by atoms with Crippen LogP contribution in [0.2, 0.25) is 10.0 Å². The Morgan fingerprint density at radius 3 is 2.59 bits per heavy atom. The van der Waals surface area contributed by atoms with E-state index < -0.39 is 4.92 Å². The molecule has 11 heteroatoms. The maximum Gasteiger partial charge on any atom is 0.294 e. The molecule has 0 unspecified atom stereocenters. The second-order valence-electron chi connectivity index (χ2n) is 5.72. The van der Waals surface area contributed by atoms with Crippen LogP contribution in [0.15, 0.2) is 29.6 Å². The molecule has 1 saturated heterocycles. The Morgan fingerprint density at radius 2 is 1.96 bits per heavy atom. The van der Waals surface area contributed by atoms with Crippen molar-refractivity contribution in [3.05, 3.63) is 50.2 Å². The third-order valence-corrected chi connectivity index (χ3v) is 5.22. The predicted octanol–water partition coefficient (Wildman–Crippen LogP) is 3.38. The number of aromatic nitrogens is 2. The van der Waals surface area contributed by atoms with E-state index in [1.165, 1.54) is 24.0 Å². The number of benzene rings is 1. The van der Waals surface area contributed by atoms with E-state index in [0.29, 0.717) is 42.0 Å². The van der Waals surface area contributed by atoms with E-state index in [-0.39, 0.29) is 22.3 Å². The van der Waals surface area contributed by atoms with Gasteiger partial charge in [0.05, 0.1) is 16.1 Å². The van der Waals surface area contributed by atoms with Crippen LogP contribution in [0.1, 0.15) is 10.5 Å². The molecule has 3 rings (SSSR count). The van der Waals surface area contributed by atoms with Gasteiger partial charge in [-0.15, -0.1) is 0 Å². The molecule has 2 aromatic rings. The molecule has 0 saturated carbocycles. The maximum atomic E-state index is 12.7. The Morgan fingerprint density at radius 1 is 1.26 bits per heavy atom. The van der Waals surface area contributed by atoms with Crippen LogP contribution < -0.4 is 4.90 Å². The van der Waals surface area contributed by atoms with Crippen LogP contribution in [-0.2, 0) is 0 Å². The van der Waals surface area contributed by atoms with E-state index >= 15 is 0 Å². The van der Waals surface area contributed by atoms with Gasteiger partial charge < -0.3 is 9.80 Å². The molecular weight excluding hydrogens is 413 g/mol. The third-order valence-electron chi connectivity index (χ3n) is 4.15. The topological polar surface area (TPSA) is 92.5 Å². The zero-order valence-corrected chi connectivity index (χ0v) is 16.6. The maximum absolute atomic E-state index is 12.7. The van der Waals surface area contributed by atoms with Crippen LogP contribution >= 0.6 is 35.0 Å². The summed E-state index contributed by atoms with van der Waals surface area (Å²) in [6, 6.07) is 4.58. The van der Waals surface area contributed by atoms with Gasteiger partial charge in [0, 0.05) is 37.3 Å². The smallest absolute Gasteiger partial charge is 0.294 e. The normalized spacial score (nSPS) is 14.3. The number of nitro benzene ring substituents is 1. The molecule has 1 aliphatic heterocycles. The first-order chi connectivity index (χ1) is 12.9. The van der Waals surface area contributed by atoms with Gasteiger partial charge in [0.25, 0.3) is 11.6 Å². The van der Waals surface area contributed by atoms with Gasteiger partial charge in [0.1, 0.15) is 5.69 Å². The molecule has 1 fully saturated rings. The number of piperazine rings is 1. The van der Waals surface area contributed by atoms with Gasteiger partial charge in [0.15, 0.2) is 10.9 Å². The van der Waals surface area contributed by atoms with Crippen LogP contribution in [0.3, 0.4) is 0 Å². The number of carbonyl (C=O) groups excluding carboxylic acids is 1. The fourth-order valence-electron chi connectivity index (χ4n) is 2.81. The van der Waals surface area contributed by atoms with Gasteiger partial charge in [-0.1, -0.05) is 35.0 Å². The van der Waals surface area contributed by atoms with E-state index in [0.717, 1.165) is 0 Å². The Balaban J connectivity index is 1.74. The molecule has 8 nitrogen and oxygen atoms in total.